The first-order valence-electron chi connectivity index (χ1n) is 8.88. The number of nitrogens with two attached hydrogens (primary N) is 1. The molecule has 1 aliphatic heterocycles. The van der Waals surface area contributed by atoms with Gasteiger partial charge in [0.15, 0.2) is 5.96 Å². The summed E-state index contributed by atoms with van der Waals surface area (Å²) < 4.78 is 11.7. The molecular formula is C20H26BrIN4O2. The Hall–Kier alpha value is -1.68. The SMILES string of the molecule is COc1ccc(OC)c(NC(N)=NCC2CCN(c3cccc(Br)c3)C2)c1.I. The van der Waals surface area contributed by atoms with Gasteiger partial charge in [0.2, 0.25) is 0 Å². The van der Waals surface area contributed by atoms with E-state index >= 15 is 0 Å². The highest BCUT2D eigenvalue weighted by atomic mass is 127. The smallest absolute Gasteiger partial charge is 0.193 e. The Labute approximate surface area is 191 Å². The van der Waals surface area contributed by atoms with Crippen molar-refractivity contribution in [1.82, 2.24) is 0 Å². The Balaban J connectivity index is 0.00000280. The highest BCUT2D eigenvalue weighted by Crippen LogP contribution is 2.29. The fourth-order valence-corrected chi connectivity index (χ4v) is 3.59. The normalized spacial score (nSPS) is 16.5. The average molecular weight is 561 g/mol. The van der Waals surface area contributed by atoms with Crippen molar-refractivity contribution in [3.05, 3.63) is 46.9 Å². The molecule has 152 valence electrons. The zero-order valence-electron chi connectivity index (χ0n) is 16.0. The summed E-state index contributed by atoms with van der Waals surface area (Å²) in [5.74, 6) is 2.28. The quantitative estimate of drug-likeness (QED) is 0.312. The Morgan fingerprint density at radius 1 is 1.25 bits per heavy atom. The van der Waals surface area contributed by atoms with E-state index < -0.39 is 0 Å². The van der Waals surface area contributed by atoms with Gasteiger partial charge in [-0.1, -0.05) is 22.0 Å². The molecule has 0 spiro atoms. The van der Waals surface area contributed by atoms with Crippen LogP contribution in [0.25, 0.3) is 0 Å². The van der Waals surface area contributed by atoms with Crippen molar-refractivity contribution in [3.63, 3.8) is 0 Å². The molecule has 0 bridgehead atoms. The fourth-order valence-electron chi connectivity index (χ4n) is 3.21. The lowest BCUT2D eigenvalue weighted by Gasteiger charge is -2.18. The molecule has 0 amide bonds. The number of nitrogens with zero attached hydrogens (tertiary/aromatic N) is 2. The minimum Gasteiger partial charge on any atom is -0.497 e. The molecular weight excluding hydrogens is 535 g/mol. The number of methoxy groups -OCH3 is 2. The lowest BCUT2D eigenvalue weighted by Crippen LogP contribution is -2.25. The van der Waals surface area contributed by atoms with Crippen LogP contribution in [0.15, 0.2) is 51.9 Å². The van der Waals surface area contributed by atoms with Gasteiger partial charge in [-0.15, -0.1) is 24.0 Å². The van der Waals surface area contributed by atoms with E-state index in [-0.39, 0.29) is 24.0 Å². The molecule has 1 heterocycles. The Kier molecular flexibility index (Phi) is 8.68. The molecule has 0 aliphatic carbocycles. The van der Waals surface area contributed by atoms with Crippen LogP contribution in [-0.4, -0.2) is 39.8 Å². The number of guanidine groups is 1. The van der Waals surface area contributed by atoms with Crippen molar-refractivity contribution >= 4 is 57.2 Å². The third kappa shape index (κ3) is 5.91. The van der Waals surface area contributed by atoms with Gasteiger partial charge in [-0.05, 0) is 42.7 Å². The number of anilines is 2. The van der Waals surface area contributed by atoms with Crippen LogP contribution < -0.4 is 25.4 Å². The van der Waals surface area contributed by atoms with Gasteiger partial charge in [-0.2, -0.15) is 0 Å². The summed E-state index contributed by atoms with van der Waals surface area (Å²) in [6, 6.07) is 13.9. The number of rotatable bonds is 6. The molecule has 3 rings (SSSR count). The van der Waals surface area contributed by atoms with Crippen LogP contribution >= 0.6 is 39.9 Å². The van der Waals surface area contributed by atoms with Gasteiger partial charge in [-0.3, -0.25) is 4.99 Å². The maximum atomic E-state index is 6.09. The first-order chi connectivity index (χ1) is 13.1. The maximum absolute atomic E-state index is 6.09. The molecule has 2 aromatic rings. The van der Waals surface area contributed by atoms with Crippen molar-refractivity contribution in [1.29, 1.82) is 0 Å². The second-order valence-electron chi connectivity index (χ2n) is 6.50. The summed E-state index contributed by atoms with van der Waals surface area (Å²) in [5.41, 5.74) is 8.06. The standard InChI is InChI=1S/C20H25BrN4O2.HI/c1-26-17-6-7-19(27-2)18(11-17)24-20(22)23-12-14-8-9-25(13-14)16-5-3-4-15(21)10-16;/h3-7,10-11,14H,8-9,12-13H2,1-2H3,(H3,22,23,24);1H. The van der Waals surface area contributed by atoms with Crippen molar-refractivity contribution in [2.75, 3.05) is 44.1 Å². The number of nitrogens with one attached hydrogen (secondary N) is 1. The van der Waals surface area contributed by atoms with E-state index in [4.69, 9.17) is 15.2 Å². The summed E-state index contributed by atoms with van der Waals surface area (Å²) >= 11 is 3.54. The molecule has 0 radical (unpaired) electrons. The van der Waals surface area contributed by atoms with Crippen LogP contribution in [0.3, 0.4) is 0 Å². The lowest BCUT2D eigenvalue weighted by molar-refractivity contribution is 0.405. The van der Waals surface area contributed by atoms with E-state index in [0.717, 1.165) is 35.4 Å². The number of hydrogen-bond acceptors (Lipinski definition) is 4. The summed E-state index contributed by atoms with van der Waals surface area (Å²) in [5, 5.41) is 3.11. The van der Waals surface area contributed by atoms with Gasteiger partial charge >= 0.3 is 0 Å². The van der Waals surface area contributed by atoms with Gasteiger partial charge in [-0.25, -0.2) is 0 Å². The van der Waals surface area contributed by atoms with E-state index in [1.165, 1.54) is 5.69 Å². The average Bonchev–Trinajstić information content (AvgIpc) is 3.15. The predicted octanol–water partition coefficient (Wildman–Crippen LogP) is 4.34. The summed E-state index contributed by atoms with van der Waals surface area (Å²) in [6.07, 6.45) is 1.10. The Morgan fingerprint density at radius 3 is 2.79 bits per heavy atom. The highest BCUT2D eigenvalue weighted by molar-refractivity contribution is 14.0. The van der Waals surface area contributed by atoms with Crippen molar-refractivity contribution in [2.24, 2.45) is 16.6 Å². The minimum atomic E-state index is 0. The molecule has 28 heavy (non-hydrogen) atoms. The zero-order valence-corrected chi connectivity index (χ0v) is 19.9. The van der Waals surface area contributed by atoms with Crippen LogP contribution in [0.2, 0.25) is 0 Å². The van der Waals surface area contributed by atoms with Gasteiger partial charge in [0.05, 0.1) is 19.9 Å². The summed E-state index contributed by atoms with van der Waals surface area (Å²) in [6.45, 7) is 2.71. The molecule has 2 aromatic carbocycles. The van der Waals surface area contributed by atoms with Crippen molar-refractivity contribution < 1.29 is 9.47 Å². The van der Waals surface area contributed by atoms with Gasteiger partial charge < -0.3 is 25.4 Å². The van der Waals surface area contributed by atoms with Crippen molar-refractivity contribution in [2.45, 2.75) is 6.42 Å². The van der Waals surface area contributed by atoms with Gasteiger partial charge in [0, 0.05) is 35.9 Å². The molecule has 0 aromatic heterocycles. The molecule has 1 atom stereocenters. The zero-order chi connectivity index (χ0) is 19.2. The second-order valence-corrected chi connectivity index (χ2v) is 7.41. The monoisotopic (exact) mass is 560 g/mol. The first-order valence-corrected chi connectivity index (χ1v) is 9.68. The van der Waals surface area contributed by atoms with E-state index in [9.17, 15) is 0 Å². The number of halogens is 2. The molecule has 6 nitrogen and oxygen atoms in total. The van der Waals surface area contributed by atoms with Crippen LogP contribution in [0.5, 0.6) is 11.5 Å². The first kappa shape index (κ1) is 22.6. The molecule has 1 saturated heterocycles. The van der Waals surface area contributed by atoms with Crippen LogP contribution in [-0.2, 0) is 0 Å². The Bertz CT molecular complexity index is 819. The highest BCUT2D eigenvalue weighted by Gasteiger charge is 2.22. The number of ether oxygens (including phenoxy) is 2. The van der Waals surface area contributed by atoms with Crippen LogP contribution in [0.1, 0.15) is 6.42 Å². The van der Waals surface area contributed by atoms with Crippen LogP contribution in [0.4, 0.5) is 11.4 Å². The molecule has 0 saturated carbocycles. The van der Waals surface area contributed by atoms with E-state index in [1.54, 1.807) is 14.2 Å². The Morgan fingerprint density at radius 2 is 2.07 bits per heavy atom. The molecule has 1 unspecified atom stereocenters. The number of benzene rings is 2. The summed E-state index contributed by atoms with van der Waals surface area (Å²) in [7, 11) is 3.25. The van der Waals surface area contributed by atoms with E-state index in [0.29, 0.717) is 24.2 Å². The van der Waals surface area contributed by atoms with E-state index in [2.05, 4.69) is 49.3 Å². The summed E-state index contributed by atoms with van der Waals surface area (Å²) in [4.78, 5) is 6.92. The fraction of sp³-hybridized carbons (Fsp3) is 0.350. The second kappa shape index (κ2) is 10.8. The largest absolute Gasteiger partial charge is 0.497 e. The predicted molar refractivity (Wildman–Crippen MR) is 130 cm³/mol. The van der Waals surface area contributed by atoms with Gasteiger partial charge in [0.25, 0.3) is 0 Å². The van der Waals surface area contributed by atoms with Crippen LogP contribution in [0, 0.1) is 5.92 Å². The van der Waals surface area contributed by atoms with E-state index in [1.807, 2.05) is 24.3 Å². The lowest BCUT2D eigenvalue weighted by atomic mass is 10.1. The molecule has 1 fully saturated rings. The maximum Gasteiger partial charge on any atom is 0.193 e. The molecule has 3 N–H and O–H groups in total. The molecule has 8 heteroatoms. The molecule has 1 aliphatic rings. The third-order valence-electron chi connectivity index (χ3n) is 4.65. The van der Waals surface area contributed by atoms with Crippen molar-refractivity contribution in [3.8, 4) is 11.5 Å². The van der Waals surface area contributed by atoms with Gasteiger partial charge in [0.1, 0.15) is 11.5 Å². The number of aliphatic imine (C=N–C) groups is 1. The third-order valence-corrected chi connectivity index (χ3v) is 5.14. The minimum absolute atomic E-state index is 0. The number of hydrogen-bond donors (Lipinski definition) is 2. The topological polar surface area (TPSA) is 72.1 Å².